The first-order valence-electron chi connectivity index (χ1n) is 5.08. The molecule has 0 aliphatic heterocycles. The molecule has 2 rings (SSSR count). The summed E-state index contributed by atoms with van der Waals surface area (Å²) in [5.41, 5.74) is 1.83. The van der Waals surface area contributed by atoms with Gasteiger partial charge in [-0.2, -0.15) is 0 Å². The highest BCUT2D eigenvalue weighted by Crippen LogP contribution is 2.01. The lowest BCUT2D eigenvalue weighted by Gasteiger charge is -1.93. The van der Waals surface area contributed by atoms with E-state index in [1.165, 1.54) is 0 Å². The van der Waals surface area contributed by atoms with Gasteiger partial charge in [0.25, 0.3) is 0 Å². The zero-order valence-corrected chi connectivity index (χ0v) is 9.80. The van der Waals surface area contributed by atoms with Crippen LogP contribution in [-0.4, -0.2) is 35.9 Å². The highest BCUT2D eigenvalue weighted by Gasteiger charge is 2.03. The maximum absolute atomic E-state index is 5.61. The molecule has 0 fully saturated rings. The number of aryl methyl sites for hydroxylation is 2. The molecule has 0 spiro atoms. The monoisotopic (exact) mass is 240 g/mol. The molecule has 0 saturated heterocycles. The number of rotatable bonds is 5. The predicted molar refractivity (Wildman–Crippen MR) is 59.2 cm³/mol. The van der Waals surface area contributed by atoms with Crippen LogP contribution in [0.4, 0.5) is 0 Å². The van der Waals surface area contributed by atoms with Crippen LogP contribution in [0.3, 0.4) is 0 Å². The summed E-state index contributed by atoms with van der Waals surface area (Å²) >= 11 is 5.61. The normalized spacial score (nSPS) is 10.9. The molecule has 0 unspecified atom stereocenters. The minimum absolute atomic E-state index is 0.599. The fourth-order valence-corrected chi connectivity index (χ4v) is 1.55. The second-order valence-corrected chi connectivity index (χ2v) is 3.96. The molecule has 0 N–H and O–H groups in total. The van der Waals surface area contributed by atoms with Crippen molar-refractivity contribution in [1.29, 1.82) is 0 Å². The summed E-state index contributed by atoms with van der Waals surface area (Å²) in [6.07, 6.45) is 5.57. The molecule has 0 amide bonds. The van der Waals surface area contributed by atoms with Gasteiger partial charge in [0, 0.05) is 25.3 Å². The first-order valence-corrected chi connectivity index (χ1v) is 5.61. The molecule has 0 aromatic carbocycles. The highest BCUT2D eigenvalue weighted by molar-refractivity contribution is 6.17. The van der Waals surface area contributed by atoms with E-state index in [4.69, 9.17) is 11.6 Å². The van der Waals surface area contributed by atoms with Crippen molar-refractivity contribution in [3.05, 3.63) is 23.8 Å². The molecule has 0 bridgehead atoms. The largest absolute Gasteiger partial charge is 0.255 e. The number of aromatic nitrogens is 6. The van der Waals surface area contributed by atoms with E-state index < -0.39 is 0 Å². The average Bonchev–Trinajstić information content (AvgIpc) is 2.86. The molecule has 6 nitrogen and oxygen atoms in total. The Morgan fingerprint density at radius 3 is 2.69 bits per heavy atom. The zero-order chi connectivity index (χ0) is 11.4. The van der Waals surface area contributed by atoms with E-state index in [9.17, 15) is 0 Å². The molecule has 2 aromatic heterocycles. The van der Waals surface area contributed by atoms with Gasteiger partial charge in [-0.1, -0.05) is 10.4 Å². The van der Waals surface area contributed by atoms with Crippen LogP contribution in [0.25, 0.3) is 0 Å². The van der Waals surface area contributed by atoms with Crippen molar-refractivity contribution >= 4 is 11.6 Å². The van der Waals surface area contributed by atoms with Gasteiger partial charge in [-0.05, 0) is 12.8 Å². The van der Waals surface area contributed by atoms with Crippen molar-refractivity contribution < 1.29 is 0 Å². The third-order valence-corrected chi connectivity index (χ3v) is 2.39. The maximum atomic E-state index is 5.61. The first-order chi connectivity index (χ1) is 7.78. The molecule has 86 valence electrons. The summed E-state index contributed by atoms with van der Waals surface area (Å²) < 4.78 is 3.42. The van der Waals surface area contributed by atoms with Crippen LogP contribution in [0.5, 0.6) is 0 Å². The van der Waals surface area contributed by atoms with Gasteiger partial charge >= 0.3 is 0 Å². The predicted octanol–water partition coefficient (Wildman–Crippen LogP) is 0.626. The third kappa shape index (κ3) is 2.79. The summed E-state index contributed by atoms with van der Waals surface area (Å²) in [5, 5.41) is 15.9. The van der Waals surface area contributed by atoms with Crippen LogP contribution in [-0.2, 0) is 20.0 Å². The fourth-order valence-electron chi connectivity index (χ4n) is 1.41. The van der Waals surface area contributed by atoms with Gasteiger partial charge in [0.1, 0.15) is 5.69 Å². The van der Waals surface area contributed by atoms with Crippen LogP contribution >= 0.6 is 11.6 Å². The minimum atomic E-state index is 0.599. The Bertz CT molecular complexity index is 448. The average molecular weight is 241 g/mol. The lowest BCUT2D eigenvalue weighted by atomic mass is 10.3. The SMILES string of the molecule is Cn1cc(Cn2cc(CCCCl)nn2)nn1. The van der Waals surface area contributed by atoms with E-state index >= 15 is 0 Å². The van der Waals surface area contributed by atoms with Crippen molar-refractivity contribution in [2.45, 2.75) is 19.4 Å². The van der Waals surface area contributed by atoms with Crippen LogP contribution in [0, 0.1) is 0 Å². The molecule has 0 radical (unpaired) electrons. The van der Waals surface area contributed by atoms with Gasteiger partial charge < -0.3 is 0 Å². The Labute approximate surface area is 98.2 Å². The summed E-state index contributed by atoms with van der Waals surface area (Å²) in [7, 11) is 1.84. The number of hydrogen-bond acceptors (Lipinski definition) is 4. The zero-order valence-electron chi connectivity index (χ0n) is 9.04. The van der Waals surface area contributed by atoms with Crippen LogP contribution in [0.1, 0.15) is 17.8 Å². The molecule has 7 heteroatoms. The Kier molecular flexibility index (Phi) is 3.51. The van der Waals surface area contributed by atoms with E-state index in [2.05, 4.69) is 20.6 Å². The van der Waals surface area contributed by atoms with E-state index in [1.807, 2.05) is 19.4 Å². The van der Waals surface area contributed by atoms with E-state index in [1.54, 1.807) is 9.36 Å². The molecule has 2 aromatic rings. The number of alkyl halides is 1. The quantitative estimate of drug-likeness (QED) is 0.719. The van der Waals surface area contributed by atoms with Crippen LogP contribution < -0.4 is 0 Å². The van der Waals surface area contributed by atoms with Crippen molar-refractivity contribution in [1.82, 2.24) is 30.0 Å². The van der Waals surface area contributed by atoms with Gasteiger partial charge in [-0.25, -0.2) is 4.68 Å². The second-order valence-electron chi connectivity index (χ2n) is 3.58. The molecule has 0 aliphatic carbocycles. The second kappa shape index (κ2) is 5.07. The van der Waals surface area contributed by atoms with E-state index in [-0.39, 0.29) is 0 Å². The molecular formula is C9H13ClN6. The summed E-state index contributed by atoms with van der Waals surface area (Å²) in [6, 6.07) is 0. The Hall–Kier alpha value is -1.43. The summed E-state index contributed by atoms with van der Waals surface area (Å²) in [4.78, 5) is 0. The molecule has 0 aliphatic rings. The van der Waals surface area contributed by atoms with Crippen LogP contribution in [0.2, 0.25) is 0 Å². The minimum Gasteiger partial charge on any atom is -0.255 e. The molecule has 0 atom stereocenters. The van der Waals surface area contributed by atoms with Crippen LogP contribution in [0.15, 0.2) is 12.4 Å². The third-order valence-electron chi connectivity index (χ3n) is 2.13. The van der Waals surface area contributed by atoms with E-state index in [0.717, 1.165) is 24.2 Å². The lowest BCUT2D eigenvalue weighted by Crippen LogP contribution is -2.00. The van der Waals surface area contributed by atoms with Gasteiger partial charge in [0.05, 0.1) is 12.2 Å². The summed E-state index contributed by atoms with van der Waals surface area (Å²) in [6.45, 7) is 0.599. The first kappa shape index (κ1) is 11.1. The van der Waals surface area contributed by atoms with Crippen molar-refractivity contribution in [3.63, 3.8) is 0 Å². The number of hydrogen-bond donors (Lipinski definition) is 0. The van der Waals surface area contributed by atoms with Gasteiger partial charge in [-0.15, -0.1) is 21.8 Å². The smallest absolute Gasteiger partial charge is 0.104 e. The Morgan fingerprint density at radius 1 is 1.19 bits per heavy atom. The molecule has 2 heterocycles. The lowest BCUT2D eigenvalue weighted by molar-refractivity contribution is 0.635. The van der Waals surface area contributed by atoms with E-state index in [0.29, 0.717) is 12.4 Å². The summed E-state index contributed by atoms with van der Waals surface area (Å²) in [5.74, 6) is 0.650. The van der Waals surface area contributed by atoms with Crippen molar-refractivity contribution in [3.8, 4) is 0 Å². The van der Waals surface area contributed by atoms with Crippen molar-refractivity contribution in [2.24, 2.45) is 7.05 Å². The topological polar surface area (TPSA) is 61.4 Å². The molecule has 16 heavy (non-hydrogen) atoms. The fraction of sp³-hybridized carbons (Fsp3) is 0.556. The number of nitrogens with zero attached hydrogens (tertiary/aromatic N) is 6. The standard InChI is InChI=1S/C9H13ClN6/c1-15-5-9(12-13-15)7-16-6-8(11-14-16)3-2-4-10/h5-6H,2-4,7H2,1H3. The molecule has 0 saturated carbocycles. The Morgan fingerprint density at radius 2 is 2.00 bits per heavy atom. The van der Waals surface area contributed by atoms with Gasteiger partial charge in [0.2, 0.25) is 0 Å². The van der Waals surface area contributed by atoms with Crippen molar-refractivity contribution in [2.75, 3.05) is 5.88 Å². The number of halogens is 1. The maximum Gasteiger partial charge on any atom is 0.104 e. The molecular weight excluding hydrogens is 228 g/mol. The van der Waals surface area contributed by atoms with Gasteiger partial charge in [-0.3, -0.25) is 4.68 Å². The highest BCUT2D eigenvalue weighted by atomic mass is 35.5. The Balaban J connectivity index is 1.97. The van der Waals surface area contributed by atoms with Gasteiger partial charge in [0.15, 0.2) is 0 Å².